The molecule has 0 aliphatic carbocycles. The Morgan fingerprint density at radius 1 is 1.20 bits per heavy atom. The first-order valence-corrected chi connectivity index (χ1v) is 10.1. The van der Waals surface area contributed by atoms with Gasteiger partial charge < -0.3 is 29.9 Å². The molecule has 0 aromatic heterocycles. The Morgan fingerprint density at radius 3 is 2.53 bits per heavy atom. The number of nitrogens with zero attached hydrogens (tertiary/aromatic N) is 1. The van der Waals surface area contributed by atoms with E-state index in [4.69, 9.17) is 21.1 Å². The van der Waals surface area contributed by atoms with Gasteiger partial charge in [0.25, 0.3) is 5.91 Å². The Balaban J connectivity index is 1.55. The van der Waals surface area contributed by atoms with Crippen LogP contribution in [0.3, 0.4) is 0 Å². The van der Waals surface area contributed by atoms with Crippen molar-refractivity contribution in [2.75, 3.05) is 33.9 Å². The maximum Gasteiger partial charge on any atom is 0.253 e. The van der Waals surface area contributed by atoms with E-state index in [0.29, 0.717) is 35.2 Å². The lowest BCUT2D eigenvalue weighted by Crippen LogP contribution is -2.60. The topological polar surface area (TPSA) is 91.3 Å². The van der Waals surface area contributed by atoms with Crippen LogP contribution in [-0.4, -0.2) is 66.6 Å². The van der Waals surface area contributed by atoms with Crippen molar-refractivity contribution in [3.8, 4) is 11.5 Å². The fourth-order valence-corrected chi connectivity index (χ4v) is 3.67. The number of piperidine rings is 1. The van der Waals surface area contributed by atoms with Crippen LogP contribution in [0.15, 0.2) is 42.5 Å². The molecule has 2 aromatic carbocycles. The van der Waals surface area contributed by atoms with Gasteiger partial charge in [0.15, 0.2) is 11.5 Å². The van der Waals surface area contributed by atoms with E-state index in [1.807, 2.05) is 18.2 Å². The highest BCUT2D eigenvalue weighted by Gasteiger charge is 2.41. The second kappa shape index (κ2) is 9.66. The number of carbonyl (C=O) groups excluding carboxylic acids is 1. The predicted octanol–water partition coefficient (Wildman–Crippen LogP) is 2.08. The highest BCUT2D eigenvalue weighted by Crippen LogP contribution is 2.28. The summed E-state index contributed by atoms with van der Waals surface area (Å²) in [6.07, 6.45) is -0.785. The molecular weight excluding hydrogens is 408 g/mol. The lowest BCUT2D eigenvalue weighted by atomic mass is 9.88. The van der Waals surface area contributed by atoms with Gasteiger partial charge in [0, 0.05) is 36.8 Å². The molecule has 0 radical (unpaired) electrons. The number of hydrogen-bond acceptors (Lipinski definition) is 6. The summed E-state index contributed by atoms with van der Waals surface area (Å²) in [5.74, 6) is 1.09. The molecule has 1 fully saturated rings. The minimum absolute atomic E-state index is 0.0655. The molecule has 8 heteroatoms. The van der Waals surface area contributed by atoms with Gasteiger partial charge in [-0.3, -0.25) is 4.79 Å². The van der Waals surface area contributed by atoms with Crippen molar-refractivity contribution in [3.05, 3.63) is 58.6 Å². The van der Waals surface area contributed by atoms with Gasteiger partial charge >= 0.3 is 0 Å². The first kappa shape index (κ1) is 22.4. The first-order chi connectivity index (χ1) is 14.4. The number of halogens is 1. The van der Waals surface area contributed by atoms with E-state index in [1.54, 1.807) is 43.4 Å². The zero-order valence-corrected chi connectivity index (χ0v) is 17.9. The molecule has 3 rings (SSSR count). The predicted molar refractivity (Wildman–Crippen MR) is 114 cm³/mol. The van der Waals surface area contributed by atoms with E-state index in [0.717, 1.165) is 5.56 Å². The molecule has 3 N–H and O–H groups in total. The summed E-state index contributed by atoms with van der Waals surface area (Å²) >= 11 is 5.87. The Labute approximate surface area is 181 Å². The summed E-state index contributed by atoms with van der Waals surface area (Å²) in [6, 6.07) is 12.2. The molecule has 0 spiro atoms. The van der Waals surface area contributed by atoms with Crippen LogP contribution in [-0.2, 0) is 6.54 Å². The van der Waals surface area contributed by atoms with Crippen LogP contribution >= 0.6 is 11.6 Å². The number of amides is 1. The number of methoxy groups -OCH3 is 2. The SMILES string of the molecule is COc1ccc(CNC[C@@]2(O)CCN(C(=O)c3ccc(Cl)cc3)C[C@@H]2O)cc1OC. The summed E-state index contributed by atoms with van der Waals surface area (Å²) in [5.41, 5.74) is 0.151. The van der Waals surface area contributed by atoms with Crippen LogP contribution < -0.4 is 14.8 Å². The zero-order valence-electron chi connectivity index (χ0n) is 17.1. The molecule has 7 nitrogen and oxygen atoms in total. The van der Waals surface area contributed by atoms with E-state index in [9.17, 15) is 15.0 Å². The van der Waals surface area contributed by atoms with Gasteiger partial charge in [-0.15, -0.1) is 0 Å². The lowest BCUT2D eigenvalue weighted by Gasteiger charge is -2.42. The first-order valence-electron chi connectivity index (χ1n) is 9.73. The van der Waals surface area contributed by atoms with Gasteiger partial charge in [-0.2, -0.15) is 0 Å². The van der Waals surface area contributed by atoms with Crippen LogP contribution in [0.2, 0.25) is 5.02 Å². The molecule has 1 aliphatic heterocycles. The fraction of sp³-hybridized carbons (Fsp3) is 0.409. The van der Waals surface area contributed by atoms with E-state index in [-0.39, 0.29) is 25.4 Å². The summed E-state index contributed by atoms with van der Waals surface area (Å²) in [6.45, 7) is 1.11. The number of β-amino-alcohol motifs (C(OH)–C–C–N with tert-alkyl or cyclic N) is 1. The maximum absolute atomic E-state index is 12.6. The second-order valence-electron chi connectivity index (χ2n) is 7.42. The maximum atomic E-state index is 12.6. The Bertz CT molecular complexity index is 876. The molecule has 1 aliphatic rings. The van der Waals surface area contributed by atoms with Crippen molar-refractivity contribution in [3.63, 3.8) is 0 Å². The van der Waals surface area contributed by atoms with Gasteiger partial charge in [-0.05, 0) is 48.4 Å². The third-order valence-corrected chi connectivity index (χ3v) is 5.67. The molecule has 162 valence electrons. The fourth-order valence-electron chi connectivity index (χ4n) is 3.54. The van der Waals surface area contributed by atoms with Gasteiger partial charge in [0.2, 0.25) is 0 Å². The monoisotopic (exact) mass is 434 g/mol. The number of hydrogen-bond donors (Lipinski definition) is 3. The molecule has 2 aromatic rings. The number of carbonyl (C=O) groups is 1. The smallest absolute Gasteiger partial charge is 0.253 e. The van der Waals surface area contributed by atoms with Gasteiger partial charge in [0.05, 0.1) is 14.2 Å². The van der Waals surface area contributed by atoms with E-state index >= 15 is 0 Å². The van der Waals surface area contributed by atoms with E-state index in [2.05, 4.69) is 5.32 Å². The van der Waals surface area contributed by atoms with Gasteiger partial charge in [-0.25, -0.2) is 0 Å². The van der Waals surface area contributed by atoms with Crippen molar-refractivity contribution in [2.45, 2.75) is 24.7 Å². The number of aliphatic hydroxyl groups excluding tert-OH is 1. The van der Waals surface area contributed by atoms with E-state index < -0.39 is 11.7 Å². The largest absolute Gasteiger partial charge is 0.493 e. The van der Waals surface area contributed by atoms with Crippen LogP contribution in [0.5, 0.6) is 11.5 Å². The molecule has 0 bridgehead atoms. The molecule has 30 heavy (non-hydrogen) atoms. The van der Waals surface area contributed by atoms with Crippen LogP contribution in [0.4, 0.5) is 0 Å². The Kier molecular flexibility index (Phi) is 7.20. The normalized spacial score (nSPS) is 21.4. The van der Waals surface area contributed by atoms with Crippen LogP contribution in [0.1, 0.15) is 22.3 Å². The number of nitrogens with one attached hydrogen (secondary N) is 1. The molecule has 0 unspecified atom stereocenters. The minimum Gasteiger partial charge on any atom is -0.493 e. The number of rotatable bonds is 7. The average Bonchev–Trinajstić information content (AvgIpc) is 2.75. The number of aliphatic hydroxyl groups is 2. The van der Waals surface area contributed by atoms with Crippen LogP contribution in [0, 0.1) is 0 Å². The second-order valence-corrected chi connectivity index (χ2v) is 7.86. The summed E-state index contributed by atoms with van der Waals surface area (Å²) in [4.78, 5) is 14.2. The Morgan fingerprint density at radius 2 is 1.90 bits per heavy atom. The third kappa shape index (κ3) is 5.05. The molecule has 1 heterocycles. The van der Waals surface area contributed by atoms with Crippen molar-refractivity contribution in [1.29, 1.82) is 0 Å². The summed E-state index contributed by atoms with van der Waals surface area (Å²) in [7, 11) is 3.16. The molecule has 1 amide bonds. The Hall–Kier alpha value is -2.32. The third-order valence-electron chi connectivity index (χ3n) is 5.41. The van der Waals surface area contributed by atoms with Crippen LogP contribution in [0.25, 0.3) is 0 Å². The van der Waals surface area contributed by atoms with Gasteiger partial charge in [0.1, 0.15) is 11.7 Å². The standard InChI is InChI=1S/C22H27ClN2O5/c1-29-18-8-3-15(11-19(18)30-2)12-24-14-22(28)9-10-25(13-20(22)26)21(27)16-4-6-17(23)7-5-16/h3-8,11,20,24,26,28H,9-10,12-14H2,1-2H3/t20-,22-/m0/s1. The number of benzene rings is 2. The van der Waals surface area contributed by atoms with Crippen molar-refractivity contribution in [1.82, 2.24) is 10.2 Å². The van der Waals surface area contributed by atoms with Crippen molar-refractivity contribution < 1.29 is 24.5 Å². The quantitative estimate of drug-likeness (QED) is 0.618. The summed E-state index contributed by atoms with van der Waals surface area (Å²) < 4.78 is 10.5. The average molecular weight is 435 g/mol. The lowest BCUT2D eigenvalue weighted by molar-refractivity contribution is -0.110. The number of ether oxygens (including phenoxy) is 2. The van der Waals surface area contributed by atoms with Crippen molar-refractivity contribution in [2.24, 2.45) is 0 Å². The number of likely N-dealkylation sites (tertiary alicyclic amines) is 1. The highest BCUT2D eigenvalue weighted by molar-refractivity contribution is 6.30. The minimum atomic E-state index is -1.31. The molecule has 2 atom stereocenters. The van der Waals surface area contributed by atoms with Gasteiger partial charge in [-0.1, -0.05) is 17.7 Å². The zero-order chi connectivity index (χ0) is 21.7. The highest BCUT2D eigenvalue weighted by atomic mass is 35.5. The van der Waals surface area contributed by atoms with E-state index in [1.165, 1.54) is 0 Å². The summed E-state index contributed by atoms with van der Waals surface area (Å²) in [5, 5.41) is 25.2. The molecule has 1 saturated heterocycles. The molecular formula is C22H27ClN2O5. The van der Waals surface area contributed by atoms with Crippen molar-refractivity contribution >= 4 is 17.5 Å². The molecule has 0 saturated carbocycles.